The van der Waals surface area contributed by atoms with Gasteiger partial charge in [-0.15, -0.1) is 0 Å². The highest BCUT2D eigenvalue weighted by molar-refractivity contribution is 5.95. The summed E-state index contributed by atoms with van der Waals surface area (Å²) in [6.07, 6.45) is 0. The molecule has 6 nitrogen and oxygen atoms in total. The standard InChI is InChI=1S/C8H11N5O/c1-4-7(6(3)14)5(2)13-8(9-4)10-11-12-13/h5H,1-3H3,(H,9,10,12). The normalized spacial score (nSPS) is 20.4. The largest absolute Gasteiger partial charge is 0.327 e. The zero-order valence-corrected chi connectivity index (χ0v) is 8.27. The van der Waals surface area contributed by atoms with Crippen molar-refractivity contribution in [3.05, 3.63) is 11.3 Å². The number of Topliss-reactive ketones (excluding diaryl/α,β-unsaturated/α-hetero) is 1. The van der Waals surface area contributed by atoms with E-state index in [9.17, 15) is 4.79 Å². The molecule has 1 aromatic heterocycles. The molecule has 2 heterocycles. The Bertz CT molecular complexity index is 419. The zero-order chi connectivity index (χ0) is 10.3. The topological polar surface area (TPSA) is 72.7 Å². The molecule has 0 spiro atoms. The van der Waals surface area contributed by atoms with E-state index in [2.05, 4.69) is 20.8 Å². The SMILES string of the molecule is CC(=O)C1=C(C)Nc2nnnn2C1C. The molecule has 1 aliphatic heterocycles. The Morgan fingerprint density at radius 1 is 1.57 bits per heavy atom. The van der Waals surface area contributed by atoms with Crippen molar-refractivity contribution in [2.75, 3.05) is 5.32 Å². The van der Waals surface area contributed by atoms with Gasteiger partial charge in [0.2, 0.25) is 5.95 Å². The van der Waals surface area contributed by atoms with E-state index in [-0.39, 0.29) is 11.8 Å². The van der Waals surface area contributed by atoms with E-state index in [1.165, 1.54) is 0 Å². The van der Waals surface area contributed by atoms with Crippen LogP contribution in [0.5, 0.6) is 0 Å². The fraction of sp³-hybridized carbons (Fsp3) is 0.500. The highest BCUT2D eigenvalue weighted by Gasteiger charge is 2.26. The number of ketones is 1. The average molecular weight is 193 g/mol. The van der Waals surface area contributed by atoms with E-state index in [1.54, 1.807) is 11.6 Å². The molecule has 0 radical (unpaired) electrons. The van der Waals surface area contributed by atoms with Crippen LogP contribution in [0.4, 0.5) is 5.95 Å². The monoisotopic (exact) mass is 193 g/mol. The maximum Gasteiger partial charge on any atom is 0.247 e. The summed E-state index contributed by atoms with van der Waals surface area (Å²) in [4.78, 5) is 11.4. The van der Waals surface area contributed by atoms with Gasteiger partial charge >= 0.3 is 0 Å². The maximum absolute atomic E-state index is 11.4. The number of allylic oxidation sites excluding steroid dienone is 2. The van der Waals surface area contributed by atoms with Gasteiger partial charge in [-0.1, -0.05) is 5.10 Å². The highest BCUT2D eigenvalue weighted by Crippen LogP contribution is 2.28. The quantitative estimate of drug-likeness (QED) is 0.704. The van der Waals surface area contributed by atoms with Gasteiger partial charge in [-0.25, -0.2) is 4.68 Å². The molecule has 0 aromatic carbocycles. The van der Waals surface area contributed by atoms with Gasteiger partial charge in [0.05, 0.1) is 6.04 Å². The molecule has 2 rings (SSSR count). The van der Waals surface area contributed by atoms with Crippen molar-refractivity contribution in [3.63, 3.8) is 0 Å². The Balaban J connectivity index is 2.50. The smallest absolute Gasteiger partial charge is 0.247 e. The Hall–Kier alpha value is -1.72. The van der Waals surface area contributed by atoms with Crippen LogP contribution in [-0.2, 0) is 4.79 Å². The molecule has 74 valence electrons. The third-order valence-electron chi connectivity index (χ3n) is 2.36. The van der Waals surface area contributed by atoms with Crippen LogP contribution in [0.25, 0.3) is 0 Å². The molecule has 1 aliphatic rings. The minimum absolute atomic E-state index is 0.0450. The molecule has 0 saturated heterocycles. The molecule has 1 aromatic rings. The predicted molar refractivity (Wildman–Crippen MR) is 49.5 cm³/mol. The van der Waals surface area contributed by atoms with Gasteiger partial charge in [-0.05, 0) is 31.2 Å². The van der Waals surface area contributed by atoms with E-state index in [0.717, 1.165) is 11.3 Å². The molecular formula is C8H11N5O. The van der Waals surface area contributed by atoms with Crippen molar-refractivity contribution in [2.45, 2.75) is 26.8 Å². The predicted octanol–water partition coefficient (Wildman–Crippen LogP) is 0.523. The first-order valence-corrected chi connectivity index (χ1v) is 4.38. The number of nitrogens with one attached hydrogen (secondary N) is 1. The summed E-state index contributed by atoms with van der Waals surface area (Å²) >= 11 is 0. The summed E-state index contributed by atoms with van der Waals surface area (Å²) in [6.45, 7) is 5.30. The maximum atomic E-state index is 11.4. The van der Waals surface area contributed by atoms with Crippen LogP contribution < -0.4 is 5.32 Å². The van der Waals surface area contributed by atoms with Gasteiger partial charge in [-0.3, -0.25) is 4.79 Å². The lowest BCUT2D eigenvalue weighted by molar-refractivity contribution is -0.114. The summed E-state index contributed by atoms with van der Waals surface area (Å²) in [5.74, 6) is 0.628. The van der Waals surface area contributed by atoms with Gasteiger partial charge in [0, 0.05) is 11.3 Å². The van der Waals surface area contributed by atoms with E-state index in [0.29, 0.717) is 5.95 Å². The van der Waals surface area contributed by atoms with E-state index < -0.39 is 0 Å². The number of hydrogen-bond donors (Lipinski definition) is 1. The Morgan fingerprint density at radius 3 is 2.93 bits per heavy atom. The first-order valence-electron chi connectivity index (χ1n) is 4.38. The Kier molecular flexibility index (Phi) is 1.83. The average Bonchev–Trinajstić information content (AvgIpc) is 2.50. The number of hydrogen-bond acceptors (Lipinski definition) is 5. The second kappa shape index (κ2) is 2.90. The number of nitrogens with zero attached hydrogens (tertiary/aromatic N) is 4. The third kappa shape index (κ3) is 1.11. The Morgan fingerprint density at radius 2 is 2.29 bits per heavy atom. The number of tetrazole rings is 1. The van der Waals surface area contributed by atoms with Gasteiger partial charge in [0.15, 0.2) is 5.78 Å². The molecule has 0 fully saturated rings. The minimum Gasteiger partial charge on any atom is -0.327 e. The Labute approximate surface area is 81.0 Å². The van der Waals surface area contributed by atoms with Gasteiger partial charge in [-0.2, -0.15) is 0 Å². The summed E-state index contributed by atoms with van der Waals surface area (Å²) in [5, 5.41) is 14.1. The van der Waals surface area contributed by atoms with Gasteiger partial charge < -0.3 is 5.32 Å². The third-order valence-corrected chi connectivity index (χ3v) is 2.36. The second-order valence-electron chi connectivity index (χ2n) is 3.34. The molecule has 0 amide bonds. The number of aromatic nitrogens is 4. The lowest BCUT2D eigenvalue weighted by Gasteiger charge is -2.23. The number of anilines is 1. The number of fused-ring (bicyclic) bond motifs is 1. The van der Waals surface area contributed by atoms with Crippen LogP contribution in [0.2, 0.25) is 0 Å². The first-order chi connectivity index (χ1) is 6.61. The summed E-state index contributed by atoms with van der Waals surface area (Å²) in [6, 6.07) is -0.0984. The van der Waals surface area contributed by atoms with Crippen molar-refractivity contribution < 1.29 is 4.79 Å². The second-order valence-corrected chi connectivity index (χ2v) is 3.34. The van der Waals surface area contributed by atoms with Crippen LogP contribution in [-0.4, -0.2) is 26.0 Å². The summed E-state index contributed by atoms with van der Waals surface area (Å²) in [7, 11) is 0. The van der Waals surface area contributed by atoms with Crippen LogP contribution in [0.15, 0.2) is 11.3 Å². The number of carbonyl (C=O) groups excluding carboxylic acids is 1. The molecule has 0 bridgehead atoms. The molecule has 1 atom stereocenters. The number of carbonyl (C=O) groups is 1. The van der Waals surface area contributed by atoms with Crippen molar-refractivity contribution >= 4 is 11.7 Å². The van der Waals surface area contributed by atoms with E-state index in [4.69, 9.17) is 0 Å². The van der Waals surface area contributed by atoms with Crippen molar-refractivity contribution in [2.24, 2.45) is 0 Å². The van der Waals surface area contributed by atoms with Crippen molar-refractivity contribution in [1.82, 2.24) is 20.2 Å². The van der Waals surface area contributed by atoms with Gasteiger partial charge in [0.25, 0.3) is 0 Å². The molecule has 1 N–H and O–H groups in total. The molecule has 0 aliphatic carbocycles. The summed E-state index contributed by atoms with van der Waals surface area (Å²) < 4.78 is 1.60. The molecule has 0 saturated carbocycles. The van der Waals surface area contributed by atoms with Crippen LogP contribution >= 0.6 is 0 Å². The first kappa shape index (κ1) is 8.86. The summed E-state index contributed by atoms with van der Waals surface area (Å²) in [5.41, 5.74) is 1.55. The zero-order valence-electron chi connectivity index (χ0n) is 8.27. The molecule has 6 heteroatoms. The van der Waals surface area contributed by atoms with E-state index in [1.807, 2.05) is 13.8 Å². The molecule has 1 unspecified atom stereocenters. The van der Waals surface area contributed by atoms with Crippen LogP contribution in [0.1, 0.15) is 26.8 Å². The minimum atomic E-state index is -0.0984. The number of rotatable bonds is 1. The van der Waals surface area contributed by atoms with E-state index >= 15 is 0 Å². The fourth-order valence-electron chi connectivity index (χ4n) is 1.77. The fourth-order valence-corrected chi connectivity index (χ4v) is 1.77. The van der Waals surface area contributed by atoms with Crippen LogP contribution in [0.3, 0.4) is 0 Å². The molecular weight excluding hydrogens is 182 g/mol. The lowest BCUT2D eigenvalue weighted by atomic mass is 10.0. The molecule has 14 heavy (non-hydrogen) atoms. The lowest BCUT2D eigenvalue weighted by Crippen LogP contribution is -2.25. The van der Waals surface area contributed by atoms with Crippen molar-refractivity contribution in [3.8, 4) is 0 Å². The van der Waals surface area contributed by atoms with Crippen molar-refractivity contribution in [1.29, 1.82) is 0 Å². The highest BCUT2D eigenvalue weighted by atomic mass is 16.1. The van der Waals surface area contributed by atoms with Crippen LogP contribution in [0, 0.1) is 0 Å². The van der Waals surface area contributed by atoms with Gasteiger partial charge in [0.1, 0.15) is 0 Å².